The van der Waals surface area contributed by atoms with Crippen LogP contribution in [0.2, 0.25) is 0 Å². The maximum Gasteiger partial charge on any atom is 0.227 e. The number of hydrogen-bond acceptors (Lipinski definition) is 5. The summed E-state index contributed by atoms with van der Waals surface area (Å²) in [5, 5.41) is 7.27. The molecule has 1 aliphatic rings. The van der Waals surface area contributed by atoms with Crippen LogP contribution in [-0.2, 0) is 6.42 Å². The summed E-state index contributed by atoms with van der Waals surface area (Å²) in [6.45, 7) is 2.07. The molecule has 1 aromatic heterocycles. The fraction of sp³-hybridized carbons (Fsp3) is 0.467. The second-order valence-electron chi connectivity index (χ2n) is 5.26. The molecule has 21 heavy (non-hydrogen) atoms. The van der Waals surface area contributed by atoms with Crippen LogP contribution < -0.4 is 10.1 Å². The van der Waals surface area contributed by atoms with E-state index in [9.17, 15) is 4.39 Å². The van der Waals surface area contributed by atoms with E-state index in [1.807, 2.05) is 0 Å². The van der Waals surface area contributed by atoms with Crippen LogP contribution in [-0.4, -0.2) is 30.3 Å². The van der Waals surface area contributed by atoms with Crippen LogP contribution >= 0.6 is 0 Å². The van der Waals surface area contributed by atoms with Gasteiger partial charge in [-0.1, -0.05) is 5.16 Å². The van der Waals surface area contributed by atoms with Gasteiger partial charge in [0, 0.05) is 12.0 Å². The molecule has 2 heterocycles. The predicted molar refractivity (Wildman–Crippen MR) is 75.5 cm³/mol. The molecule has 1 aliphatic heterocycles. The van der Waals surface area contributed by atoms with E-state index in [1.165, 1.54) is 13.2 Å². The van der Waals surface area contributed by atoms with Gasteiger partial charge in [0.25, 0.3) is 0 Å². The molecule has 0 unspecified atom stereocenters. The van der Waals surface area contributed by atoms with Crippen LogP contribution in [0.25, 0.3) is 11.4 Å². The lowest BCUT2D eigenvalue weighted by Gasteiger charge is -2.20. The highest BCUT2D eigenvalue weighted by Crippen LogP contribution is 2.24. The highest BCUT2D eigenvalue weighted by molar-refractivity contribution is 5.56. The van der Waals surface area contributed by atoms with Crippen molar-refractivity contribution in [3.8, 4) is 17.1 Å². The smallest absolute Gasteiger partial charge is 0.227 e. The van der Waals surface area contributed by atoms with E-state index in [-0.39, 0.29) is 5.75 Å². The first-order valence-corrected chi connectivity index (χ1v) is 7.13. The Labute approximate surface area is 122 Å². The average molecular weight is 291 g/mol. The molecule has 112 valence electrons. The quantitative estimate of drug-likeness (QED) is 0.937. The molecule has 0 amide bonds. The third-order valence-electron chi connectivity index (χ3n) is 3.80. The molecule has 6 heteroatoms. The summed E-state index contributed by atoms with van der Waals surface area (Å²) >= 11 is 0. The first-order valence-electron chi connectivity index (χ1n) is 7.13. The molecule has 0 bridgehead atoms. The fourth-order valence-corrected chi connectivity index (χ4v) is 2.59. The van der Waals surface area contributed by atoms with Gasteiger partial charge in [-0.25, -0.2) is 4.39 Å². The van der Waals surface area contributed by atoms with Gasteiger partial charge >= 0.3 is 0 Å². The zero-order chi connectivity index (χ0) is 14.7. The van der Waals surface area contributed by atoms with Gasteiger partial charge in [0.15, 0.2) is 11.6 Å². The first-order chi connectivity index (χ1) is 10.3. The molecular weight excluding hydrogens is 273 g/mol. The molecule has 1 N–H and O–H groups in total. The van der Waals surface area contributed by atoms with Crippen molar-refractivity contribution in [3.63, 3.8) is 0 Å². The molecule has 0 saturated carbocycles. The van der Waals surface area contributed by atoms with Gasteiger partial charge in [-0.05, 0) is 50.0 Å². The van der Waals surface area contributed by atoms with E-state index < -0.39 is 5.82 Å². The van der Waals surface area contributed by atoms with Crippen molar-refractivity contribution in [1.82, 2.24) is 15.5 Å². The van der Waals surface area contributed by atoms with Crippen LogP contribution in [0.3, 0.4) is 0 Å². The van der Waals surface area contributed by atoms with Crippen molar-refractivity contribution in [2.24, 2.45) is 5.92 Å². The third-order valence-corrected chi connectivity index (χ3v) is 3.80. The largest absolute Gasteiger partial charge is 0.494 e. The van der Waals surface area contributed by atoms with Gasteiger partial charge < -0.3 is 14.6 Å². The normalized spacial score (nSPS) is 16.1. The minimum Gasteiger partial charge on any atom is -0.494 e. The number of halogens is 1. The van der Waals surface area contributed by atoms with Crippen LogP contribution in [0.1, 0.15) is 18.7 Å². The van der Waals surface area contributed by atoms with Crippen molar-refractivity contribution in [2.45, 2.75) is 19.3 Å². The molecule has 1 fully saturated rings. The van der Waals surface area contributed by atoms with E-state index in [0.717, 1.165) is 32.4 Å². The summed E-state index contributed by atoms with van der Waals surface area (Å²) in [6, 6.07) is 4.65. The van der Waals surface area contributed by atoms with E-state index in [0.29, 0.717) is 23.2 Å². The standard InChI is InChI=1S/C15H18FN3O2/c1-20-13-3-2-11(9-12(13)16)15-18-14(21-19-15)8-10-4-6-17-7-5-10/h2-3,9-10,17H,4-8H2,1H3. The number of ether oxygens (including phenoxy) is 1. The Morgan fingerprint density at radius 3 is 2.90 bits per heavy atom. The van der Waals surface area contributed by atoms with Gasteiger partial charge in [0.05, 0.1) is 7.11 Å². The number of piperidine rings is 1. The predicted octanol–water partition coefficient (Wildman–Crippen LogP) is 2.43. The van der Waals surface area contributed by atoms with E-state index in [1.54, 1.807) is 12.1 Å². The van der Waals surface area contributed by atoms with Gasteiger partial charge in [-0.15, -0.1) is 0 Å². The molecule has 0 spiro atoms. The Morgan fingerprint density at radius 2 is 2.19 bits per heavy atom. The summed E-state index contributed by atoms with van der Waals surface area (Å²) in [5.74, 6) is 1.39. The minimum absolute atomic E-state index is 0.206. The molecule has 1 aromatic carbocycles. The number of nitrogens with zero attached hydrogens (tertiary/aromatic N) is 2. The zero-order valence-electron chi connectivity index (χ0n) is 11.9. The lowest BCUT2D eigenvalue weighted by Crippen LogP contribution is -2.28. The second kappa shape index (κ2) is 6.22. The monoisotopic (exact) mass is 291 g/mol. The van der Waals surface area contributed by atoms with Gasteiger partial charge in [0.1, 0.15) is 0 Å². The molecule has 1 saturated heterocycles. The summed E-state index contributed by atoms with van der Waals surface area (Å²) in [7, 11) is 1.43. The highest BCUT2D eigenvalue weighted by Gasteiger charge is 2.18. The molecule has 0 aliphatic carbocycles. The number of hydrogen-bond donors (Lipinski definition) is 1. The summed E-state index contributed by atoms with van der Waals surface area (Å²) < 4.78 is 23.9. The zero-order valence-corrected chi connectivity index (χ0v) is 11.9. The lowest BCUT2D eigenvalue weighted by molar-refractivity contribution is 0.313. The molecule has 0 atom stereocenters. The Balaban J connectivity index is 1.73. The highest BCUT2D eigenvalue weighted by atomic mass is 19.1. The van der Waals surface area contributed by atoms with Crippen molar-refractivity contribution in [2.75, 3.05) is 20.2 Å². The second-order valence-corrected chi connectivity index (χ2v) is 5.26. The number of rotatable bonds is 4. The van der Waals surface area contributed by atoms with Gasteiger partial charge in [-0.3, -0.25) is 0 Å². The Bertz CT molecular complexity index is 609. The minimum atomic E-state index is -0.431. The first kappa shape index (κ1) is 14.0. The average Bonchev–Trinajstić information content (AvgIpc) is 2.97. The van der Waals surface area contributed by atoms with Crippen LogP contribution in [0.4, 0.5) is 4.39 Å². The SMILES string of the molecule is COc1ccc(-c2noc(CC3CCNCC3)n2)cc1F. The topological polar surface area (TPSA) is 60.2 Å². The van der Waals surface area contributed by atoms with E-state index >= 15 is 0 Å². The number of nitrogens with one attached hydrogen (secondary N) is 1. The maximum absolute atomic E-state index is 13.7. The molecule has 2 aromatic rings. The van der Waals surface area contributed by atoms with Crippen molar-refractivity contribution >= 4 is 0 Å². The summed E-state index contributed by atoms with van der Waals surface area (Å²) in [4.78, 5) is 4.37. The lowest BCUT2D eigenvalue weighted by atomic mass is 9.95. The van der Waals surface area contributed by atoms with Crippen molar-refractivity contribution < 1.29 is 13.7 Å². The summed E-state index contributed by atoms with van der Waals surface area (Å²) in [6.07, 6.45) is 3.02. The Morgan fingerprint density at radius 1 is 1.38 bits per heavy atom. The third kappa shape index (κ3) is 3.21. The molecular formula is C15H18FN3O2. The fourth-order valence-electron chi connectivity index (χ4n) is 2.59. The number of methoxy groups -OCH3 is 1. The number of aromatic nitrogens is 2. The molecule has 3 rings (SSSR count). The molecule has 0 radical (unpaired) electrons. The van der Waals surface area contributed by atoms with Gasteiger partial charge in [-0.2, -0.15) is 4.98 Å². The van der Waals surface area contributed by atoms with Crippen molar-refractivity contribution in [3.05, 3.63) is 29.9 Å². The van der Waals surface area contributed by atoms with Crippen LogP contribution in [0, 0.1) is 11.7 Å². The Kier molecular flexibility index (Phi) is 4.15. The summed E-state index contributed by atoms with van der Waals surface area (Å²) in [5.41, 5.74) is 0.591. The maximum atomic E-state index is 13.7. The van der Waals surface area contributed by atoms with Crippen LogP contribution in [0.15, 0.2) is 22.7 Å². The molecule has 5 nitrogen and oxygen atoms in total. The Hall–Kier alpha value is -1.95. The number of benzene rings is 1. The van der Waals surface area contributed by atoms with Gasteiger partial charge in [0.2, 0.25) is 11.7 Å². The van der Waals surface area contributed by atoms with Crippen molar-refractivity contribution in [1.29, 1.82) is 0 Å². The van der Waals surface area contributed by atoms with Crippen LogP contribution in [0.5, 0.6) is 5.75 Å². The van der Waals surface area contributed by atoms with E-state index in [2.05, 4.69) is 15.5 Å². The van der Waals surface area contributed by atoms with E-state index in [4.69, 9.17) is 9.26 Å².